The zero-order valence-corrected chi connectivity index (χ0v) is 18.7. The van der Waals surface area contributed by atoms with E-state index < -0.39 is 12.2 Å². The minimum atomic E-state index is -1.09. The van der Waals surface area contributed by atoms with Crippen LogP contribution >= 0.6 is 0 Å². The molecule has 0 amide bonds. The van der Waals surface area contributed by atoms with Crippen LogP contribution in [0.4, 0.5) is 0 Å². The number of aromatic nitrogens is 2. The molecule has 0 aliphatic heterocycles. The van der Waals surface area contributed by atoms with Gasteiger partial charge in [0.25, 0.3) is 0 Å². The Morgan fingerprint density at radius 1 is 0.765 bits per heavy atom. The number of carboxylic acid groups (broad SMARTS) is 1. The van der Waals surface area contributed by atoms with E-state index in [1.165, 1.54) is 0 Å². The van der Waals surface area contributed by atoms with Crippen molar-refractivity contribution in [3.63, 3.8) is 0 Å². The van der Waals surface area contributed by atoms with Gasteiger partial charge in [0.05, 0.1) is 17.6 Å². The van der Waals surface area contributed by atoms with Gasteiger partial charge in [-0.3, -0.25) is 0 Å². The van der Waals surface area contributed by atoms with Crippen molar-refractivity contribution >= 4 is 27.8 Å². The Balaban J connectivity index is 1.18. The van der Waals surface area contributed by atoms with Crippen molar-refractivity contribution in [2.24, 2.45) is 0 Å². The summed E-state index contributed by atoms with van der Waals surface area (Å²) in [5.41, 5.74) is 2.78. The first-order valence-electron chi connectivity index (χ1n) is 11.4. The van der Waals surface area contributed by atoms with Gasteiger partial charge in [-0.2, -0.15) is 0 Å². The van der Waals surface area contributed by atoms with Crippen LogP contribution in [0.2, 0.25) is 0 Å². The summed E-state index contributed by atoms with van der Waals surface area (Å²) in [5, 5.41) is 12.0. The summed E-state index contributed by atoms with van der Waals surface area (Å²) in [5.74, 6) is -0.198. The van der Waals surface area contributed by atoms with Crippen molar-refractivity contribution in [3.05, 3.63) is 97.3 Å². The SMILES string of the molecule is O=C(O)C(OCCCCOc1ccc(-n2cccc2)cc1)n1c2ccccc2c2ccccc21. The Labute approximate surface area is 197 Å². The second-order valence-corrected chi connectivity index (χ2v) is 8.11. The Bertz CT molecular complexity index is 1330. The number of fused-ring (bicyclic) bond motifs is 3. The average molecular weight is 455 g/mol. The topological polar surface area (TPSA) is 65.6 Å². The first-order valence-corrected chi connectivity index (χ1v) is 11.4. The normalized spacial score (nSPS) is 12.2. The fourth-order valence-electron chi connectivity index (χ4n) is 4.27. The Morgan fingerprint density at radius 2 is 1.35 bits per heavy atom. The number of hydrogen-bond donors (Lipinski definition) is 1. The smallest absolute Gasteiger partial charge is 0.354 e. The molecule has 6 nitrogen and oxygen atoms in total. The average Bonchev–Trinajstić information content (AvgIpc) is 3.51. The van der Waals surface area contributed by atoms with Crippen molar-refractivity contribution in [2.45, 2.75) is 19.1 Å². The highest BCUT2D eigenvalue weighted by molar-refractivity contribution is 6.08. The molecule has 1 atom stereocenters. The number of carbonyl (C=O) groups is 1. The molecule has 2 heterocycles. The molecule has 0 saturated heterocycles. The highest BCUT2D eigenvalue weighted by Gasteiger charge is 2.24. The summed E-state index contributed by atoms with van der Waals surface area (Å²) in [6.45, 7) is 0.868. The molecule has 1 unspecified atom stereocenters. The Hall–Kier alpha value is -4.03. The summed E-state index contributed by atoms with van der Waals surface area (Å²) in [7, 11) is 0. The summed E-state index contributed by atoms with van der Waals surface area (Å²) in [6, 6.07) is 27.6. The largest absolute Gasteiger partial charge is 0.494 e. The molecule has 0 spiro atoms. The molecule has 0 aliphatic rings. The molecule has 6 heteroatoms. The van der Waals surface area contributed by atoms with Crippen LogP contribution in [0.3, 0.4) is 0 Å². The van der Waals surface area contributed by atoms with Crippen LogP contribution in [0.5, 0.6) is 5.75 Å². The maximum absolute atomic E-state index is 12.1. The second kappa shape index (κ2) is 9.85. The Kier molecular flexibility index (Phi) is 6.31. The van der Waals surface area contributed by atoms with Gasteiger partial charge in [-0.05, 0) is 61.4 Å². The lowest BCUT2D eigenvalue weighted by Gasteiger charge is -2.18. The molecule has 172 valence electrons. The van der Waals surface area contributed by atoms with E-state index in [0.29, 0.717) is 19.6 Å². The molecule has 3 aromatic carbocycles. The summed E-state index contributed by atoms with van der Waals surface area (Å²) in [6.07, 6.45) is 4.37. The van der Waals surface area contributed by atoms with Gasteiger partial charge >= 0.3 is 5.97 Å². The van der Waals surface area contributed by atoms with Gasteiger partial charge in [-0.15, -0.1) is 0 Å². The number of ether oxygens (including phenoxy) is 2. The third-order valence-electron chi connectivity index (χ3n) is 5.89. The summed E-state index contributed by atoms with van der Waals surface area (Å²) in [4.78, 5) is 12.1. The van der Waals surface area contributed by atoms with E-state index in [-0.39, 0.29) is 0 Å². The monoisotopic (exact) mass is 454 g/mol. The minimum Gasteiger partial charge on any atom is -0.494 e. The van der Waals surface area contributed by atoms with Crippen LogP contribution in [0.15, 0.2) is 97.3 Å². The van der Waals surface area contributed by atoms with E-state index in [4.69, 9.17) is 9.47 Å². The molecule has 0 saturated carbocycles. The van der Waals surface area contributed by atoms with Gasteiger partial charge in [0, 0.05) is 35.5 Å². The molecule has 0 aliphatic carbocycles. The highest BCUT2D eigenvalue weighted by atomic mass is 16.5. The summed E-state index contributed by atoms with van der Waals surface area (Å²) < 4.78 is 15.5. The van der Waals surface area contributed by atoms with E-state index >= 15 is 0 Å². The first kappa shape index (κ1) is 21.8. The lowest BCUT2D eigenvalue weighted by molar-refractivity contribution is -0.156. The van der Waals surface area contributed by atoms with Gasteiger partial charge < -0.3 is 23.7 Å². The number of nitrogens with zero attached hydrogens (tertiary/aromatic N) is 2. The van der Waals surface area contributed by atoms with E-state index in [0.717, 1.165) is 39.7 Å². The zero-order chi connectivity index (χ0) is 23.3. The number of hydrogen-bond acceptors (Lipinski definition) is 3. The predicted octanol–water partition coefficient (Wildman–Crippen LogP) is 6.04. The third-order valence-corrected chi connectivity index (χ3v) is 5.89. The Morgan fingerprint density at radius 3 is 1.97 bits per heavy atom. The lowest BCUT2D eigenvalue weighted by atomic mass is 10.2. The molecule has 0 fully saturated rings. The minimum absolute atomic E-state index is 0.327. The molecule has 2 aromatic heterocycles. The van der Waals surface area contributed by atoms with Gasteiger partial charge in [-0.1, -0.05) is 36.4 Å². The molecular weight excluding hydrogens is 428 g/mol. The fraction of sp³-hybridized carbons (Fsp3) is 0.179. The van der Waals surface area contributed by atoms with Gasteiger partial charge in [0.1, 0.15) is 5.75 Å². The molecule has 34 heavy (non-hydrogen) atoms. The van der Waals surface area contributed by atoms with Crippen molar-refractivity contribution in [2.75, 3.05) is 13.2 Å². The van der Waals surface area contributed by atoms with Crippen LogP contribution in [0, 0.1) is 0 Å². The molecular formula is C28H26N2O4. The van der Waals surface area contributed by atoms with E-state index in [1.807, 2.05) is 102 Å². The predicted molar refractivity (Wildman–Crippen MR) is 133 cm³/mol. The number of rotatable bonds is 10. The fourth-order valence-corrected chi connectivity index (χ4v) is 4.27. The van der Waals surface area contributed by atoms with Crippen LogP contribution in [-0.4, -0.2) is 33.4 Å². The van der Waals surface area contributed by atoms with Crippen LogP contribution < -0.4 is 4.74 Å². The lowest BCUT2D eigenvalue weighted by Crippen LogP contribution is -2.22. The molecule has 1 N–H and O–H groups in total. The van der Waals surface area contributed by atoms with Crippen molar-refractivity contribution in [1.82, 2.24) is 9.13 Å². The number of carboxylic acids is 1. The van der Waals surface area contributed by atoms with Crippen molar-refractivity contribution in [3.8, 4) is 11.4 Å². The van der Waals surface area contributed by atoms with Crippen LogP contribution in [-0.2, 0) is 9.53 Å². The molecule has 5 aromatic rings. The van der Waals surface area contributed by atoms with E-state index in [2.05, 4.69) is 0 Å². The van der Waals surface area contributed by atoms with Gasteiger partial charge in [0.15, 0.2) is 0 Å². The molecule has 5 rings (SSSR count). The highest BCUT2D eigenvalue weighted by Crippen LogP contribution is 2.32. The number of para-hydroxylation sites is 2. The van der Waals surface area contributed by atoms with Crippen LogP contribution in [0.1, 0.15) is 19.1 Å². The second-order valence-electron chi connectivity index (χ2n) is 8.11. The molecule has 0 bridgehead atoms. The number of benzene rings is 3. The van der Waals surface area contributed by atoms with Crippen molar-refractivity contribution in [1.29, 1.82) is 0 Å². The number of unbranched alkanes of at least 4 members (excludes halogenated alkanes) is 1. The quantitative estimate of drug-likeness (QED) is 0.261. The first-order chi connectivity index (χ1) is 16.7. The zero-order valence-electron chi connectivity index (χ0n) is 18.7. The van der Waals surface area contributed by atoms with E-state index in [9.17, 15) is 9.90 Å². The van der Waals surface area contributed by atoms with Gasteiger partial charge in [0.2, 0.25) is 6.23 Å². The van der Waals surface area contributed by atoms with E-state index in [1.54, 1.807) is 4.57 Å². The third kappa shape index (κ3) is 4.40. The van der Waals surface area contributed by atoms with Crippen molar-refractivity contribution < 1.29 is 19.4 Å². The van der Waals surface area contributed by atoms with Gasteiger partial charge in [-0.25, -0.2) is 4.79 Å². The summed E-state index contributed by atoms with van der Waals surface area (Å²) >= 11 is 0. The maximum atomic E-state index is 12.1. The molecule has 0 radical (unpaired) electrons. The van der Waals surface area contributed by atoms with Crippen LogP contribution in [0.25, 0.3) is 27.5 Å². The number of aliphatic carboxylic acids is 1. The standard InChI is InChI=1S/C28H26N2O4/c31-28(32)27(30-25-11-3-1-9-23(25)24-10-2-4-12-26(24)30)34-20-8-7-19-33-22-15-13-21(14-16-22)29-17-5-6-18-29/h1-6,9-18,27H,7-8,19-20H2,(H,31,32). The maximum Gasteiger partial charge on any atom is 0.354 e.